The van der Waals surface area contributed by atoms with Gasteiger partial charge in [-0.25, -0.2) is 0 Å². The van der Waals surface area contributed by atoms with Gasteiger partial charge in [0.05, 0.1) is 6.10 Å². The van der Waals surface area contributed by atoms with Crippen LogP contribution in [0.15, 0.2) is 0 Å². The Morgan fingerprint density at radius 2 is 1.74 bits per heavy atom. The summed E-state index contributed by atoms with van der Waals surface area (Å²) < 4.78 is 0. The van der Waals surface area contributed by atoms with Crippen LogP contribution >= 0.6 is 0 Å². The molecule has 0 saturated carbocycles. The Morgan fingerprint density at radius 3 is 2.16 bits per heavy atom. The number of nitrogens with one attached hydrogen (secondary N) is 1. The molecule has 0 aromatic carbocycles. The van der Waals surface area contributed by atoms with Crippen molar-refractivity contribution in [2.45, 2.75) is 66.0 Å². The zero-order valence-electron chi connectivity index (χ0n) is 13.1. The monoisotopic (exact) mass is 272 g/mol. The highest BCUT2D eigenvalue weighted by Crippen LogP contribution is 2.16. The molecule has 0 aromatic heterocycles. The van der Waals surface area contributed by atoms with Crippen molar-refractivity contribution >= 4 is 5.91 Å². The SMILES string of the molecule is CC[C@H](C[C@@H](O)[C@H](N)CC(C)C)C(=O)NCC(C)C. The van der Waals surface area contributed by atoms with E-state index in [4.69, 9.17) is 5.73 Å². The van der Waals surface area contributed by atoms with Crippen molar-refractivity contribution in [1.29, 1.82) is 0 Å². The first kappa shape index (κ1) is 18.4. The van der Waals surface area contributed by atoms with Crippen LogP contribution < -0.4 is 11.1 Å². The van der Waals surface area contributed by atoms with E-state index in [0.717, 1.165) is 12.8 Å². The van der Waals surface area contributed by atoms with Gasteiger partial charge in [0.15, 0.2) is 0 Å². The number of nitrogens with two attached hydrogens (primary N) is 1. The fourth-order valence-electron chi connectivity index (χ4n) is 2.08. The minimum Gasteiger partial charge on any atom is -0.391 e. The quantitative estimate of drug-likeness (QED) is 0.600. The maximum atomic E-state index is 12.0. The zero-order valence-corrected chi connectivity index (χ0v) is 13.1. The number of amides is 1. The van der Waals surface area contributed by atoms with Gasteiger partial charge in [0.25, 0.3) is 0 Å². The maximum Gasteiger partial charge on any atom is 0.223 e. The van der Waals surface area contributed by atoms with Gasteiger partial charge in [0.2, 0.25) is 5.91 Å². The molecular formula is C15H32N2O2. The molecule has 0 aliphatic carbocycles. The highest BCUT2D eigenvalue weighted by Gasteiger charge is 2.24. The van der Waals surface area contributed by atoms with Crippen molar-refractivity contribution in [1.82, 2.24) is 5.32 Å². The van der Waals surface area contributed by atoms with Crippen LogP contribution in [0.25, 0.3) is 0 Å². The summed E-state index contributed by atoms with van der Waals surface area (Å²) in [5.41, 5.74) is 5.96. The molecule has 0 aliphatic rings. The van der Waals surface area contributed by atoms with E-state index in [-0.39, 0.29) is 17.9 Å². The van der Waals surface area contributed by atoms with E-state index in [0.29, 0.717) is 24.8 Å². The number of rotatable bonds is 9. The van der Waals surface area contributed by atoms with Gasteiger partial charge >= 0.3 is 0 Å². The molecule has 0 unspecified atom stereocenters. The summed E-state index contributed by atoms with van der Waals surface area (Å²) in [7, 11) is 0. The Labute approximate surface area is 118 Å². The molecule has 19 heavy (non-hydrogen) atoms. The predicted octanol–water partition coefficient (Wildman–Crippen LogP) is 1.91. The lowest BCUT2D eigenvalue weighted by Crippen LogP contribution is -2.40. The van der Waals surface area contributed by atoms with Gasteiger partial charge in [0.1, 0.15) is 0 Å². The van der Waals surface area contributed by atoms with Gasteiger partial charge in [-0.15, -0.1) is 0 Å². The topological polar surface area (TPSA) is 75.3 Å². The molecule has 4 nitrogen and oxygen atoms in total. The molecule has 0 spiro atoms. The molecule has 3 atom stereocenters. The Bertz CT molecular complexity index is 255. The summed E-state index contributed by atoms with van der Waals surface area (Å²) in [5.74, 6) is 0.785. The molecule has 4 N–H and O–H groups in total. The van der Waals surface area contributed by atoms with Crippen molar-refractivity contribution < 1.29 is 9.90 Å². The third-order valence-electron chi connectivity index (χ3n) is 3.31. The largest absolute Gasteiger partial charge is 0.391 e. The van der Waals surface area contributed by atoms with E-state index in [1.807, 2.05) is 6.92 Å². The van der Waals surface area contributed by atoms with E-state index >= 15 is 0 Å². The fraction of sp³-hybridized carbons (Fsp3) is 0.933. The Balaban J connectivity index is 4.26. The number of carbonyl (C=O) groups excluding carboxylic acids is 1. The molecule has 0 bridgehead atoms. The first-order valence-corrected chi connectivity index (χ1v) is 7.49. The zero-order chi connectivity index (χ0) is 15.0. The molecule has 1 amide bonds. The molecule has 0 rings (SSSR count). The average molecular weight is 272 g/mol. The molecule has 0 saturated heterocycles. The lowest BCUT2D eigenvalue weighted by atomic mass is 9.91. The van der Waals surface area contributed by atoms with Gasteiger partial charge < -0.3 is 16.2 Å². The van der Waals surface area contributed by atoms with Crippen molar-refractivity contribution in [2.75, 3.05) is 6.54 Å². The number of aliphatic hydroxyl groups is 1. The third-order valence-corrected chi connectivity index (χ3v) is 3.31. The van der Waals surface area contributed by atoms with Crippen LogP contribution in [0, 0.1) is 17.8 Å². The van der Waals surface area contributed by atoms with E-state index in [1.165, 1.54) is 0 Å². The van der Waals surface area contributed by atoms with Crippen molar-refractivity contribution in [2.24, 2.45) is 23.5 Å². The van der Waals surface area contributed by atoms with Crippen LogP contribution in [0.2, 0.25) is 0 Å². The molecule has 0 aromatic rings. The highest BCUT2D eigenvalue weighted by atomic mass is 16.3. The maximum absolute atomic E-state index is 12.0. The summed E-state index contributed by atoms with van der Waals surface area (Å²) in [6.07, 6.45) is 1.37. The number of carbonyl (C=O) groups is 1. The number of hydrogen-bond donors (Lipinski definition) is 3. The van der Waals surface area contributed by atoms with Crippen molar-refractivity contribution in [3.05, 3.63) is 0 Å². The Kier molecular flexibility index (Phi) is 9.02. The fourth-order valence-corrected chi connectivity index (χ4v) is 2.08. The van der Waals surface area contributed by atoms with Gasteiger partial charge in [-0.2, -0.15) is 0 Å². The second kappa shape index (κ2) is 9.32. The van der Waals surface area contributed by atoms with E-state index in [9.17, 15) is 9.90 Å². The first-order chi connectivity index (χ1) is 8.77. The van der Waals surface area contributed by atoms with Crippen molar-refractivity contribution in [3.63, 3.8) is 0 Å². The molecule has 0 radical (unpaired) electrons. The van der Waals surface area contributed by atoms with Crippen LogP contribution in [-0.4, -0.2) is 29.7 Å². The summed E-state index contributed by atoms with van der Waals surface area (Å²) >= 11 is 0. The van der Waals surface area contributed by atoms with E-state index in [2.05, 4.69) is 33.0 Å². The molecular weight excluding hydrogens is 240 g/mol. The first-order valence-electron chi connectivity index (χ1n) is 7.49. The smallest absolute Gasteiger partial charge is 0.223 e. The Morgan fingerprint density at radius 1 is 1.16 bits per heavy atom. The van der Waals surface area contributed by atoms with E-state index < -0.39 is 6.10 Å². The minimum atomic E-state index is -0.600. The lowest BCUT2D eigenvalue weighted by Gasteiger charge is -2.24. The van der Waals surface area contributed by atoms with Crippen molar-refractivity contribution in [3.8, 4) is 0 Å². The molecule has 0 aliphatic heterocycles. The molecule has 114 valence electrons. The van der Waals surface area contributed by atoms with Gasteiger partial charge in [-0.1, -0.05) is 34.6 Å². The second-order valence-corrected chi connectivity index (χ2v) is 6.34. The van der Waals surface area contributed by atoms with Gasteiger partial charge in [-0.05, 0) is 31.1 Å². The molecule has 4 heteroatoms. The van der Waals surface area contributed by atoms with Crippen LogP contribution in [0.4, 0.5) is 0 Å². The molecule has 0 heterocycles. The lowest BCUT2D eigenvalue weighted by molar-refractivity contribution is -0.126. The molecule has 0 fully saturated rings. The average Bonchev–Trinajstić information content (AvgIpc) is 2.31. The summed E-state index contributed by atoms with van der Waals surface area (Å²) in [6.45, 7) is 10.9. The summed E-state index contributed by atoms with van der Waals surface area (Å²) in [5, 5.41) is 13.0. The summed E-state index contributed by atoms with van der Waals surface area (Å²) in [6, 6.07) is -0.244. The second-order valence-electron chi connectivity index (χ2n) is 6.34. The van der Waals surface area contributed by atoms with Crippen LogP contribution in [-0.2, 0) is 4.79 Å². The van der Waals surface area contributed by atoms with Crippen LogP contribution in [0.3, 0.4) is 0 Å². The number of aliphatic hydroxyl groups excluding tert-OH is 1. The third kappa shape index (κ3) is 8.22. The predicted molar refractivity (Wildman–Crippen MR) is 79.7 cm³/mol. The van der Waals surface area contributed by atoms with Gasteiger partial charge in [0, 0.05) is 18.5 Å². The van der Waals surface area contributed by atoms with E-state index in [1.54, 1.807) is 0 Å². The highest BCUT2D eigenvalue weighted by molar-refractivity contribution is 5.78. The standard InChI is InChI=1S/C15H32N2O2/c1-6-12(15(19)17-9-11(4)5)8-14(18)13(16)7-10(2)3/h10-14,18H,6-9,16H2,1-5H3,(H,17,19)/t12-,13-,14-/m1/s1. The summed E-state index contributed by atoms with van der Waals surface area (Å²) in [4.78, 5) is 12.0. The number of hydrogen-bond acceptors (Lipinski definition) is 3. The minimum absolute atomic E-state index is 0.0343. The van der Waals surface area contributed by atoms with Crippen LogP contribution in [0.1, 0.15) is 53.9 Å². The normalized spacial score (nSPS) is 16.5. The van der Waals surface area contributed by atoms with Crippen LogP contribution in [0.5, 0.6) is 0 Å². The van der Waals surface area contributed by atoms with Gasteiger partial charge in [-0.3, -0.25) is 4.79 Å². The Hall–Kier alpha value is -0.610.